The Morgan fingerprint density at radius 2 is 1.67 bits per heavy atom. The van der Waals surface area contributed by atoms with Crippen molar-refractivity contribution in [3.63, 3.8) is 0 Å². The van der Waals surface area contributed by atoms with Crippen LogP contribution in [0.1, 0.15) is 0 Å². The fraction of sp³-hybridized carbons (Fsp3) is 0. The molecule has 0 aliphatic carbocycles. The zero-order valence-electron chi connectivity index (χ0n) is 4.91. The first kappa shape index (κ1) is 8.51. The molecular weight excluding hydrogens is 129 g/mol. The second-order valence-corrected chi connectivity index (χ2v) is 1.48. The number of rotatable bonds is 1. The fourth-order valence-electron chi connectivity index (χ4n) is 0.513. The lowest BCUT2D eigenvalue weighted by molar-refractivity contribution is 0.389. The fourth-order valence-corrected chi connectivity index (χ4v) is 0.513. The molecule has 0 bridgehead atoms. The van der Waals surface area contributed by atoms with E-state index in [2.05, 4.69) is 0 Å². The minimum Gasteiger partial charge on any atom is -0.291 e. The van der Waals surface area contributed by atoms with Crippen molar-refractivity contribution < 1.29 is 5.21 Å². The van der Waals surface area contributed by atoms with Crippen LogP contribution >= 0.6 is 0 Å². The van der Waals surface area contributed by atoms with E-state index in [4.69, 9.17) is 5.21 Å². The van der Waals surface area contributed by atoms with Crippen molar-refractivity contribution in [1.29, 1.82) is 0 Å². The molecule has 1 aromatic carbocycles. The molecule has 3 heteroatoms. The maximum Gasteiger partial charge on any atom is 0.0602 e. The van der Waals surface area contributed by atoms with E-state index in [1.165, 1.54) is 0 Å². The van der Waals surface area contributed by atoms with Gasteiger partial charge in [-0.1, -0.05) is 18.2 Å². The molecule has 9 heavy (non-hydrogen) atoms. The maximum atomic E-state index is 8.29. The molecule has 0 aliphatic rings. The highest BCUT2D eigenvalue weighted by Gasteiger charge is 1.79. The third kappa shape index (κ3) is 2.52. The normalized spacial score (nSPS) is 7.67. The maximum absolute atomic E-state index is 8.29. The van der Waals surface area contributed by atoms with Gasteiger partial charge in [0.2, 0.25) is 0 Å². The van der Waals surface area contributed by atoms with Crippen LogP contribution in [0.25, 0.3) is 0 Å². The molecule has 0 saturated carbocycles. The summed E-state index contributed by atoms with van der Waals surface area (Å²) in [5, 5.41) is 8.29. The van der Waals surface area contributed by atoms with Crippen LogP contribution < -0.4 is 5.48 Å². The summed E-state index contributed by atoms with van der Waals surface area (Å²) in [6.45, 7) is 0. The molecule has 0 aromatic heterocycles. The Kier molecular flexibility index (Phi) is 4.16. The number of hydrogen-bond acceptors (Lipinski definition) is 2. The Hall–Kier alpha value is -0.488. The van der Waals surface area contributed by atoms with Crippen LogP contribution in [0.15, 0.2) is 30.3 Å². The largest absolute Gasteiger partial charge is 0.291 e. The van der Waals surface area contributed by atoms with Crippen LogP contribution in [0, 0.1) is 0 Å². The molecule has 2 nitrogen and oxygen atoms in total. The third-order valence-corrected chi connectivity index (χ3v) is 0.903. The third-order valence-electron chi connectivity index (χ3n) is 0.903. The molecule has 1 rings (SSSR count). The standard InChI is InChI=1S/C6H7NO.Al/c8-7-6-4-2-1-3-5-6;/h1-5,7-8H;. The molecule has 3 radical (unpaired) electrons. The van der Waals surface area contributed by atoms with Crippen LogP contribution in [-0.4, -0.2) is 22.6 Å². The first-order valence-electron chi connectivity index (χ1n) is 2.38. The van der Waals surface area contributed by atoms with Crippen molar-refractivity contribution >= 4 is 23.0 Å². The van der Waals surface area contributed by atoms with Gasteiger partial charge in [0.1, 0.15) is 0 Å². The van der Waals surface area contributed by atoms with Crippen LogP contribution in [-0.2, 0) is 0 Å². The summed E-state index contributed by atoms with van der Waals surface area (Å²) in [4.78, 5) is 0. The van der Waals surface area contributed by atoms with Crippen molar-refractivity contribution in [3.8, 4) is 0 Å². The first-order valence-corrected chi connectivity index (χ1v) is 2.38. The van der Waals surface area contributed by atoms with Gasteiger partial charge in [-0.05, 0) is 12.1 Å². The first-order chi connectivity index (χ1) is 3.93. The van der Waals surface area contributed by atoms with Crippen LogP contribution in [0.2, 0.25) is 0 Å². The summed E-state index contributed by atoms with van der Waals surface area (Å²) in [7, 11) is 0. The monoisotopic (exact) mass is 136 g/mol. The molecule has 0 heterocycles. The summed E-state index contributed by atoms with van der Waals surface area (Å²) in [6, 6.07) is 9.14. The molecule has 0 atom stereocenters. The van der Waals surface area contributed by atoms with E-state index in [0.717, 1.165) is 0 Å². The molecular formula is C6H7AlNO. The van der Waals surface area contributed by atoms with Crippen LogP contribution in [0.4, 0.5) is 5.69 Å². The van der Waals surface area contributed by atoms with E-state index < -0.39 is 0 Å². The highest BCUT2D eigenvalue weighted by Crippen LogP contribution is 2.01. The molecule has 0 fully saturated rings. The van der Waals surface area contributed by atoms with Gasteiger partial charge in [-0.15, -0.1) is 0 Å². The van der Waals surface area contributed by atoms with E-state index in [9.17, 15) is 0 Å². The average molecular weight is 136 g/mol. The van der Waals surface area contributed by atoms with Crippen molar-refractivity contribution in [3.05, 3.63) is 30.3 Å². The lowest BCUT2D eigenvalue weighted by Crippen LogP contribution is -1.85. The minimum absolute atomic E-state index is 0. The van der Waals surface area contributed by atoms with Gasteiger partial charge in [0.05, 0.1) is 5.69 Å². The Bertz CT molecular complexity index is 154. The number of anilines is 1. The number of para-hydroxylation sites is 1. The van der Waals surface area contributed by atoms with E-state index in [1.54, 1.807) is 12.1 Å². The molecule has 0 unspecified atom stereocenters. The van der Waals surface area contributed by atoms with Crippen molar-refractivity contribution in [2.45, 2.75) is 0 Å². The minimum atomic E-state index is 0. The van der Waals surface area contributed by atoms with E-state index >= 15 is 0 Å². The molecule has 0 spiro atoms. The quantitative estimate of drug-likeness (QED) is 0.447. The van der Waals surface area contributed by atoms with Crippen LogP contribution in [0.3, 0.4) is 0 Å². The van der Waals surface area contributed by atoms with Crippen LogP contribution in [0.5, 0.6) is 0 Å². The van der Waals surface area contributed by atoms with Crippen molar-refractivity contribution in [2.24, 2.45) is 0 Å². The smallest absolute Gasteiger partial charge is 0.0602 e. The van der Waals surface area contributed by atoms with Crippen molar-refractivity contribution in [1.82, 2.24) is 0 Å². The molecule has 2 N–H and O–H groups in total. The number of nitrogens with one attached hydrogen (secondary N) is 1. The molecule has 0 aliphatic heterocycles. The van der Waals surface area contributed by atoms with Gasteiger partial charge in [-0.25, -0.2) is 0 Å². The summed E-state index contributed by atoms with van der Waals surface area (Å²) in [5.41, 5.74) is 2.74. The van der Waals surface area contributed by atoms with Gasteiger partial charge in [0, 0.05) is 17.4 Å². The molecule has 0 saturated heterocycles. The van der Waals surface area contributed by atoms with Gasteiger partial charge in [-0.3, -0.25) is 10.7 Å². The van der Waals surface area contributed by atoms with E-state index in [-0.39, 0.29) is 17.4 Å². The predicted octanol–water partition coefficient (Wildman–Crippen LogP) is 1.11. The Morgan fingerprint density at radius 1 is 1.11 bits per heavy atom. The lowest BCUT2D eigenvalue weighted by atomic mass is 10.3. The zero-order valence-corrected chi connectivity index (χ0v) is 6.07. The number of hydrogen-bond donors (Lipinski definition) is 2. The summed E-state index contributed by atoms with van der Waals surface area (Å²) in [6.07, 6.45) is 0. The zero-order chi connectivity index (χ0) is 5.82. The predicted molar refractivity (Wildman–Crippen MR) is 37.6 cm³/mol. The summed E-state index contributed by atoms with van der Waals surface area (Å²) < 4.78 is 0. The second-order valence-electron chi connectivity index (χ2n) is 1.48. The van der Waals surface area contributed by atoms with Gasteiger partial charge in [-0.2, -0.15) is 0 Å². The SMILES string of the molecule is ONc1ccccc1.[Al]. The highest BCUT2D eigenvalue weighted by molar-refractivity contribution is 5.75. The highest BCUT2D eigenvalue weighted by atomic mass is 27.0. The van der Waals surface area contributed by atoms with Gasteiger partial charge in [0.15, 0.2) is 0 Å². The number of benzene rings is 1. The second kappa shape index (κ2) is 4.40. The lowest BCUT2D eigenvalue weighted by Gasteiger charge is -1.92. The van der Waals surface area contributed by atoms with Crippen molar-refractivity contribution in [2.75, 3.05) is 5.48 Å². The summed E-state index contributed by atoms with van der Waals surface area (Å²) >= 11 is 0. The molecule has 0 amide bonds. The Labute approximate surface area is 64.6 Å². The van der Waals surface area contributed by atoms with E-state index in [1.807, 2.05) is 23.7 Å². The van der Waals surface area contributed by atoms with E-state index in [0.29, 0.717) is 5.69 Å². The molecule has 1 aromatic rings. The molecule has 45 valence electrons. The Morgan fingerprint density at radius 3 is 2.00 bits per heavy atom. The summed E-state index contributed by atoms with van der Waals surface area (Å²) in [5.74, 6) is 0. The van der Waals surface area contributed by atoms with Gasteiger partial charge >= 0.3 is 0 Å². The van der Waals surface area contributed by atoms with Gasteiger partial charge < -0.3 is 0 Å². The Balaban J connectivity index is 0.000000640. The topological polar surface area (TPSA) is 32.3 Å². The van der Waals surface area contributed by atoms with Gasteiger partial charge in [0.25, 0.3) is 0 Å². The average Bonchev–Trinajstić information content (AvgIpc) is 1.90.